The predicted molar refractivity (Wildman–Crippen MR) is 143 cm³/mol. The lowest BCUT2D eigenvalue weighted by atomic mass is 9.70. The standard InChI is InChI=1S/C24H40Cl2N6O3S/c1-12-5-14(15-6-21(26)29-9-19(15)35-2)16(8-27-12)22(33)31-24-30-18-10-32(11-20(18)36-24)23(34)17-4-3-13(25)7-28-17/h12-21,24,27-30H,3-11H2,1-2H3,(H,31,33). The van der Waals surface area contributed by atoms with Crippen LogP contribution < -0.4 is 26.6 Å². The van der Waals surface area contributed by atoms with Gasteiger partial charge in [0.2, 0.25) is 11.8 Å². The highest BCUT2D eigenvalue weighted by Gasteiger charge is 2.47. The quantitative estimate of drug-likeness (QED) is 0.243. The minimum Gasteiger partial charge on any atom is -0.380 e. The predicted octanol–water partition coefficient (Wildman–Crippen LogP) is 0.465. The average Bonchev–Trinajstić information content (AvgIpc) is 3.42. The van der Waals surface area contributed by atoms with Gasteiger partial charge in [0.1, 0.15) is 5.50 Å². The molecule has 0 spiro atoms. The molecule has 0 bridgehead atoms. The van der Waals surface area contributed by atoms with Crippen LogP contribution in [0.25, 0.3) is 0 Å². The highest BCUT2D eigenvalue weighted by Crippen LogP contribution is 2.38. The second kappa shape index (κ2) is 11.8. The number of fused-ring (bicyclic) bond motifs is 1. The van der Waals surface area contributed by atoms with E-state index in [-0.39, 0.29) is 69.4 Å². The first kappa shape index (κ1) is 27.2. The summed E-state index contributed by atoms with van der Waals surface area (Å²) in [5.74, 6) is 0.580. The summed E-state index contributed by atoms with van der Waals surface area (Å²) >= 11 is 14.4. The number of nitrogens with zero attached hydrogens (tertiary/aromatic N) is 1. The van der Waals surface area contributed by atoms with E-state index < -0.39 is 0 Å². The Balaban J connectivity index is 1.15. The van der Waals surface area contributed by atoms with Crippen molar-refractivity contribution in [2.45, 2.75) is 78.5 Å². The SMILES string of the molecule is COC1CNC(Cl)CC1C1CC(C)NCC1C(=O)NC1NC2CN(C(=O)C3CCC(Cl)CN3)CC2S1. The van der Waals surface area contributed by atoms with Crippen molar-refractivity contribution >= 4 is 46.8 Å². The summed E-state index contributed by atoms with van der Waals surface area (Å²) in [4.78, 5) is 28.5. The molecule has 9 nitrogen and oxygen atoms in total. The lowest BCUT2D eigenvalue weighted by molar-refractivity contribution is -0.133. The van der Waals surface area contributed by atoms with Gasteiger partial charge in [-0.1, -0.05) is 0 Å². The number of amides is 2. The molecule has 36 heavy (non-hydrogen) atoms. The van der Waals surface area contributed by atoms with Gasteiger partial charge in [-0.3, -0.25) is 20.2 Å². The number of piperidine rings is 3. The van der Waals surface area contributed by atoms with Crippen molar-refractivity contribution in [2.75, 3.05) is 39.8 Å². The van der Waals surface area contributed by atoms with E-state index in [1.807, 2.05) is 4.90 Å². The number of likely N-dealkylation sites (tertiary alicyclic amines) is 1. The Hall–Kier alpha value is -0.330. The topological polar surface area (TPSA) is 107 Å². The molecule has 2 amide bonds. The maximum atomic E-state index is 13.5. The van der Waals surface area contributed by atoms with Crippen LogP contribution in [0.3, 0.4) is 0 Å². The van der Waals surface area contributed by atoms with Crippen molar-refractivity contribution in [2.24, 2.45) is 17.8 Å². The van der Waals surface area contributed by atoms with Crippen LogP contribution in [0.1, 0.15) is 32.6 Å². The molecule has 5 heterocycles. The molecule has 0 aliphatic carbocycles. The largest absolute Gasteiger partial charge is 0.380 e. The molecule has 0 aromatic heterocycles. The fourth-order valence-corrected chi connectivity index (χ4v) is 8.62. The Kier molecular flexibility index (Phi) is 8.94. The van der Waals surface area contributed by atoms with Gasteiger partial charge in [0.15, 0.2) is 0 Å². The van der Waals surface area contributed by atoms with Crippen molar-refractivity contribution in [3.05, 3.63) is 0 Å². The van der Waals surface area contributed by atoms with Crippen molar-refractivity contribution in [1.82, 2.24) is 31.5 Å². The Labute approximate surface area is 228 Å². The number of carbonyl (C=O) groups is 2. The number of methoxy groups -OCH3 is 1. The number of nitrogens with one attached hydrogen (secondary N) is 5. The molecule has 204 valence electrons. The number of rotatable bonds is 5. The molecular weight excluding hydrogens is 523 g/mol. The third-order valence-corrected chi connectivity index (χ3v) is 10.8. The van der Waals surface area contributed by atoms with Crippen LogP contribution in [0.2, 0.25) is 0 Å². The van der Waals surface area contributed by atoms with Crippen LogP contribution in [0.5, 0.6) is 0 Å². The smallest absolute Gasteiger partial charge is 0.239 e. The van der Waals surface area contributed by atoms with Gasteiger partial charge in [-0.25, -0.2) is 0 Å². The highest BCUT2D eigenvalue weighted by atomic mass is 35.5. The van der Waals surface area contributed by atoms with E-state index in [2.05, 4.69) is 33.5 Å². The van der Waals surface area contributed by atoms with Crippen LogP contribution in [0.15, 0.2) is 0 Å². The van der Waals surface area contributed by atoms with Gasteiger partial charge >= 0.3 is 0 Å². The maximum Gasteiger partial charge on any atom is 0.239 e. The van der Waals surface area contributed by atoms with E-state index in [9.17, 15) is 9.59 Å². The molecule has 5 fully saturated rings. The van der Waals surface area contributed by atoms with E-state index in [0.29, 0.717) is 38.8 Å². The minimum absolute atomic E-state index is 0.0569. The van der Waals surface area contributed by atoms with Gasteiger partial charge in [-0.15, -0.1) is 35.0 Å². The number of halogens is 2. The van der Waals surface area contributed by atoms with Gasteiger partial charge in [0.25, 0.3) is 0 Å². The molecule has 5 saturated heterocycles. The monoisotopic (exact) mass is 562 g/mol. The van der Waals surface area contributed by atoms with Crippen LogP contribution in [0, 0.1) is 17.8 Å². The molecule has 11 unspecified atom stereocenters. The van der Waals surface area contributed by atoms with Crippen LogP contribution in [-0.4, -0.2) is 102 Å². The Morgan fingerprint density at radius 1 is 1.03 bits per heavy atom. The van der Waals surface area contributed by atoms with Crippen molar-refractivity contribution in [3.8, 4) is 0 Å². The molecule has 0 saturated carbocycles. The van der Waals surface area contributed by atoms with Crippen LogP contribution >= 0.6 is 35.0 Å². The van der Waals surface area contributed by atoms with Crippen LogP contribution in [-0.2, 0) is 14.3 Å². The molecule has 0 radical (unpaired) electrons. The molecule has 5 N–H and O–H groups in total. The number of ether oxygens (including phenoxy) is 1. The zero-order valence-electron chi connectivity index (χ0n) is 21.1. The molecule has 11 atom stereocenters. The Morgan fingerprint density at radius 3 is 2.58 bits per heavy atom. The van der Waals surface area contributed by atoms with Gasteiger partial charge in [-0.05, 0) is 44.4 Å². The van der Waals surface area contributed by atoms with Crippen molar-refractivity contribution < 1.29 is 14.3 Å². The second-order valence-electron chi connectivity index (χ2n) is 11.1. The fraction of sp³-hybridized carbons (Fsp3) is 0.917. The first-order valence-electron chi connectivity index (χ1n) is 13.3. The average molecular weight is 564 g/mol. The number of carbonyl (C=O) groups excluding carboxylic acids is 2. The van der Waals surface area contributed by atoms with E-state index in [4.69, 9.17) is 27.9 Å². The summed E-state index contributed by atoms with van der Waals surface area (Å²) in [5, 5.41) is 17.3. The summed E-state index contributed by atoms with van der Waals surface area (Å²) in [7, 11) is 1.75. The molecule has 5 rings (SSSR count). The Morgan fingerprint density at radius 2 is 1.86 bits per heavy atom. The van der Waals surface area contributed by atoms with Crippen molar-refractivity contribution in [1.29, 1.82) is 0 Å². The normalized spacial score (nSPS) is 45.3. The highest BCUT2D eigenvalue weighted by molar-refractivity contribution is 8.00. The maximum absolute atomic E-state index is 13.5. The Bertz CT molecular complexity index is 792. The van der Waals surface area contributed by atoms with E-state index in [1.54, 1.807) is 18.9 Å². The lowest BCUT2D eigenvalue weighted by Gasteiger charge is -2.45. The third-order valence-electron chi connectivity index (χ3n) is 8.70. The van der Waals surface area contributed by atoms with Gasteiger partial charge in [0.05, 0.1) is 23.6 Å². The molecule has 5 aliphatic rings. The van der Waals surface area contributed by atoms with E-state index in [1.165, 1.54) is 0 Å². The molecule has 12 heteroatoms. The number of hydrogen-bond donors (Lipinski definition) is 5. The summed E-state index contributed by atoms with van der Waals surface area (Å²) in [6, 6.07) is 0.417. The molecule has 0 aromatic rings. The second-order valence-corrected chi connectivity index (χ2v) is 13.6. The van der Waals surface area contributed by atoms with Crippen molar-refractivity contribution in [3.63, 3.8) is 0 Å². The first-order valence-corrected chi connectivity index (χ1v) is 15.2. The summed E-state index contributed by atoms with van der Waals surface area (Å²) in [6.45, 7) is 5.63. The third kappa shape index (κ3) is 5.96. The molecular formula is C24H40Cl2N6O3S. The summed E-state index contributed by atoms with van der Waals surface area (Å²) in [5.41, 5.74) is -0.228. The summed E-state index contributed by atoms with van der Waals surface area (Å²) in [6.07, 6.45) is 3.45. The van der Waals surface area contributed by atoms with E-state index in [0.717, 1.165) is 25.7 Å². The van der Waals surface area contributed by atoms with Gasteiger partial charge < -0.3 is 25.6 Å². The fourth-order valence-electron chi connectivity index (χ4n) is 6.70. The first-order chi connectivity index (χ1) is 17.3. The zero-order chi connectivity index (χ0) is 25.4. The molecule has 5 aliphatic heterocycles. The minimum atomic E-state index is -0.137. The van der Waals surface area contributed by atoms with Crippen LogP contribution in [0.4, 0.5) is 0 Å². The zero-order valence-corrected chi connectivity index (χ0v) is 23.4. The number of alkyl halides is 2. The van der Waals surface area contributed by atoms with Gasteiger partial charge in [0, 0.05) is 62.5 Å². The van der Waals surface area contributed by atoms with E-state index >= 15 is 0 Å². The number of hydrogen-bond acceptors (Lipinski definition) is 8. The summed E-state index contributed by atoms with van der Waals surface area (Å²) < 4.78 is 5.80. The molecule has 0 aromatic carbocycles. The number of thioether (sulfide) groups is 1. The van der Waals surface area contributed by atoms with Gasteiger partial charge in [-0.2, -0.15) is 0 Å². The lowest BCUT2D eigenvalue weighted by Crippen LogP contribution is -2.57.